The summed E-state index contributed by atoms with van der Waals surface area (Å²) >= 11 is 0. The number of benzene rings is 1. The van der Waals surface area contributed by atoms with E-state index < -0.39 is 5.92 Å². The van der Waals surface area contributed by atoms with Crippen molar-refractivity contribution in [2.75, 3.05) is 35.5 Å². The maximum atomic E-state index is 12.0. The number of carbonyl (C=O) groups excluding carboxylic acids is 1. The van der Waals surface area contributed by atoms with Crippen molar-refractivity contribution in [3.05, 3.63) is 11.6 Å². The molecule has 118 valence electrons. The molecule has 0 amide bonds. The van der Waals surface area contributed by atoms with Crippen LogP contribution in [0.1, 0.15) is 24.8 Å². The van der Waals surface area contributed by atoms with Crippen LogP contribution in [0.4, 0.5) is 0 Å². The van der Waals surface area contributed by atoms with Crippen LogP contribution in [0, 0.1) is 0 Å². The molecule has 1 atom stereocenters. The van der Waals surface area contributed by atoms with Gasteiger partial charge in [-0.15, -0.1) is 0 Å². The third-order valence-corrected chi connectivity index (χ3v) is 3.29. The Morgan fingerprint density at radius 1 is 0.952 bits per heavy atom. The summed E-state index contributed by atoms with van der Waals surface area (Å²) in [5.41, 5.74) is 0.640. The lowest BCUT2D eigenvalue weighted by molar-refractivity contribution is -0.142. The molecule has 0 aliphatic rings. The van der Waals surface area contributed by atoms with Crippen LogP contribution in [0.15, 0.2) is 6.07 Å². The second kappa shape index (κ2) is 7.61. The van der Waals surface area contributed by atoms with Gasteiger partial charge < -0.3 is 23.7 Å². The van der Waals surface area contributed by atoms with Crippen molar-refractivity contribution >= 4 is 5.97 Å². The number of carbonyl (C=O) groups is 1. The first kappa shape index (κ1) is 16.9. The predicted octanol–water partition coefficient (Wildman–Crippen LogP) is 2.39. The van der Waals surface area contributed by atoms with Gasteiger partial charge in [0, 0.05) is 5.56 Å². The zero-order chi connectivity index (χ0) is 16.0. The van der Waals surface area contributed by atoms with E-state index in [-0.39, 0.29) is 5.97 Å². The van der Waals surface area contributed by atoms with E-state index in [0.717, 1.165) is 0 Å². The van der Waals surface area contributed by atoms with Gasteiger partial charge in [-0.2, -0.15) is 0 Å². The molecule has 0 aliphatic heterocycles. The molecule has 0 N–H and O–H groups in total. The maximum Gasteiger partial charge on any atom is 0.313 e. The minimum absolute atomic E-state index is 0.343. The van der Waals surface area contributed by atoms with E-state index >= 15 is 0 Å². The van der Waals surface area contributed by atoms with E-state index in [1.807, 2.05) is 6.92 Å². The van der Waals surface area contributed by atoms with Gasteiger partial charge in [0.2, 0.25) is 11.5 Å². The molecule has 6 heteroatoms. The van der Waals surface area contributed by atoms with Crippen LogP contribution in [-0.4, -0.2) is 41.5 Å². The summed E-state index contributed by atoms with van der Waals surface area (Å²) in [7, 11) is 7.40. The molecule has 0 bridgehead atoms. The van der Waals surface area contributed by atoms with Gasteiger partial charge in [-0.05, 0) is 12.5 Å². The average molecular weight is 298 g/mol. The Hall–Kier alpha value is -2.11. The van der Waals surface area contributed by atoms with Crippen molar-refractivity contribution in [3.63, 3.8) is 0 Å². The van der Waals surface area contributed by atoms with Crippen LogP contribution in [0.3, 0.4) is 0 Å². The Labute approximate surface area is 124 Å². The summed E-state index contributed by atoms with van der Waals surface area (Å²) in [4.78, 5) is 12.0. The lowest BCUT2D eigenvalue weighted by Crippen LogP contribution is -2.15. The number of hydrogen-bond donors (Lipinski definition) is 0. The topological polar surface area (TPSA) is 63.2 Å². The van der Waals surface area contributed by atoms with E-state index in [1.54, 1.807) is 6.07 Å². The lowest BCUT2D eigenvalue weighted by atomic mass is 9.94. The third-order valence-electron chi connectivity index (χ3n) is 3.29. The summed E-state index contributed by atoms with van der Waals surface area (Å²) in [6.45, 7) is 1.89. The summed E-state index contributed by atoms with van der Waals surface area (Å²) in [6.07, 6.45) is 0.557. The van der Waals surface area contributed by atoms with Crippen molar-refractivity contribution in [2.24, 2.45) is 0 Å². The molecule has 0 fully saturated rings. The van der Waals surface area contributed by atoms with Crippen LogP contribution in [-0.2, 0) is 9.53 Å². The highest BCUT2D eigenvalue weighted by molar-refractivity contribution is 5.81. The maximum absolute atomic E-state index is 12.0. The minimum Gasteiger partial charge on any atom is -0.493 e. The SMILES string of the molecule is CCC(C(=O)OC)c1cc(OC)c(OC)c(OC)c1OC. The number of hydrogen-bond acceptors (Lipinski definition) is 6. The molecule has 1 unspecified atom stereocenters. The second-order valence-electron chi connectivity index (χ2n) is 4.25. The fourth-order valence-corrected chi connectivity index (χ4v) is 2.27. The normalized spacial score (nSPS) is 11.5. The standard InChI is InChI=1S/C15H22O6/c1-7-9(15(16)21-6)10-8-11(17-2)13(19-4)14(20-5)12(10)18-3/h8-9H,7H2,1-6H3. The fourth-order valence-electron chi connectivity index (χ4n) is 2.27. The van der Waals surface area contributed by atoms with Crippen LogP contribution < -0.4 is 18.9 Å². The largest absolute Gasteiger partial charge is 0.493 e. The van der Waals surface area contributed by atoms with E-state index in [1.165, 1.54) is 35.5 Å². The van der Waals surface area contributed by atoms with Crippen LogP contribution in [0.5, 0.6) is 23.0 Å². The summed E-state index contributed by atoms with van der Waals surface area (Å²) in [5.74, 6) is 0.889. The highest BCUT2D eigenvalue weighted by Crippen LogP contribution is 2.49. The molecule has 0 aromatic heterocycles. The molecule has 0 spiro atoms. The van der Waals surface area contributed by atoms with Gasteiger partial charge in [0.1, 0.15) is 0 Å². The van der Waals surface area contributed by atoms with E-state index in [0.29, 0.717) is 35.0 Å². The van der Waals surface area contributed by atoms with Crippen LogP contribution >= 0.6 is 0 Å². The van der Waals surface area contributed by atoms with E-state index in [2.05, 4.69) is 0 Å². The van der Waals surface area contributed by atoms with Gasteiger partial charge in [-0.3, -0.25) is 4.79 Å². The van der Waals surface area contributed by atoms with E-state index in [4.69, 9.17) is 23.7 Å². The first-order valence-electron chi connectivity index (χ1n) is 6.54. The van der Waals surface area contributed by atoms with Gasteiger partial charge in [-0.1, -0.05) is 6.92 Å². The molecule has 1 rings (SSSR count). The fraction of sp³-hybridized carbons (Fsp3) is 0.533. The molecule has 1 aromatic rings. The Bertz CT molecular complexity index is 497. The average Bonchev–Trinajstić information content (AvgIpc) is 2.53. The third kappa shape index (κ3) is 3.15. The molecule has 0 aliphatic carbocycles. The molecule has 0 radical (unpaired) electrons. The zero-order valence-electron chi connectivity index (χ0n) is 13.3. The van der Waals surface area contributed by atoms with Crippen LogP contribution in [0.25, 0.3) is 0 Å². The molecule has 0 saturated carbocycles. The first-order chi connectivity index (χ1) is 10.1. The van der Waals surface area contributed by atoms with Crippen molar-refractivity contribution in [1.29, 1.82) is 0 Å². The van der Waals surface area contributed by atoms with Crippen molar-refractivity contribution in [3.8, 4) is 23.0 Å². The highest BCUT2D eigenvalue weighted by Gasteiger charge is 2.29. The monoisotopic (exact) mass is 298 g/mol. The molecule has 0 heterocycles. The Morgan fingerprint density at radius 2 is 1.52 bits per heavy atom. The van der Waals surface area contributed by atoms with Gasteiger partial charge in [0.15, 0.2) is 11.5 Å². The smallest absolute Gasteiger partial charge is 0.313 e. The second-order valence-corrected chi connectivity index (χ2v) is 4.25. The quantitative estimate of drug-likeness (QED) is 0.720. The Morgan fingerprint density at radius 3 is 1.90 bits per heavy atom. The Kier molecular flexibility index (Phi) is 6.14. The molecule has 21 heavy (non-hydrogen) atoms. The van der Waals surface area contributed by atoms with Crippen molar-refractivity contribution < 1.29 is 28.5 Å². The summed E-state index contributed by atoms with van der Waals surface area (Å²) in [6, 6.07) is 1.71. The number of ether oxygens (including phenoxy) is 5. The van der Waals surface area contributed by atoms with Crippen molar-refractivity contribution in [2.45, 2.75) is 19.3 Å². The first-order valence-corrected chi connectivity index (χ1v) is 6.54. The summed E-state index contributed by atoms with van der Waals surface area (Å²) in [5, 5.41) is 0. The number of methoxy groups -OCH3 is 5. The van der Waals surface area contributed by atoms with Gasteiger partial charge in [0.05, 0.1) is 41.5 Å². The summed E-state index contributed by atoms with van der Waals surface area (Å²) < 4.78 is 26.3. The molecular weight excluding hydrogens is 276 g/mol. The van der Waals surface area contributed by atoms with E-state index in [9.17, 15) is 4.79 Å². The molecule has 1 aromatic carbocycles. The predicted molar refractivity (Wildman–Crippen MR) is 77.7 cm³/mol. The molecule has 0 saturated heterocycles. The van der Waals surface area contributed by atoms with Gasteiger partial charge >= 0.3 is 5.97 Å². The lowest BCUT2D eigenvalue weighted by Gasteiger charge is -2.21. The van der Waals surface area contributed by atoms with Crippen LogP contribution in [0.2, 0.25) is 0 Å². The minimum atomic E-state index is -0.473. The zero-order valence-corrected chi connectivity index (χ0v) is 13.3. The molecule has 6 nitrogen and oxygen atoms in total. The Balaban J connectivity index is 3.60. The van der Waals surface area contributed by atoms with Crippen molar-refractivity contribution in [1.82, 2.24) is 0 Å². The van der Waals surface area contributed by atoms with Gasteiger partial charge in [-0.25, -0.2) is 0 Å². The van der Waals surface area contributed by atoms with Gasteiger partial charge in [0.25, 0.3) is 0 Å². The molecular formula is C15H22O6. The number of esters is 1. The highest BCUT2D eigenvalue weighted by atomic mass is 16.5. The number of rotatable bonds is 7.